The zero-order valence-electron chi connectivity index (χ0n) is 21.6. The smallest absolute Gasteiger partial charge is 0.295 e. The Bertz CT molecular complexity index is 2040. The van der Waals surface area contributed by atoms with Crippen LogP contribution in [-0.4, -0.2) is 36.6 Å². The number of nitrogens with two attached hydrogens (primary N) is 1. The van der Waals surface area contributed by atoms with E-state index >= 15 is 0 Å². The van der Waals surface area contributed by atoms with Gasteiger partial charge in [-0.05, 0) is 43.3 Å². The van der Waals surface area contributed by atoms with E-state index in [4.69, 9.17) is 25.2 Å². The molecule has 0 aliphatic carbocycles. The lowest BCUT2D eigenvalue weighted by Crippen LogP contribution is -2.23. The highest BCUT2D eigenvalue weighted by Crippen LogP contribution is 2.37. The SMILES string of the molecule is Cc1c(NC(=O)c2c(N)n(-c3ccc4c(c3)OCO4)c3nc4ccccc4nc23)c(=O)n(-c2ccccc2)n1C. The first kappa shape index (κ1) is 23.5. The maximum atomic E-state index is 13.9. The van der Waals surface area contributed by atoms with Crippen LogP contribution in [-0.2, 0) is 7.05 Å². The van der Waals surface area contributed by atoms with E-state index < -0.39 is 5.91 Å². The van der Waals surface area contributed by atoms with Gasteiger partial charge in [0.2, 0.25) is 6.79 Å². The Morgan fingerprint density at radius 2 is 1.62 bits per heavy atom. The summed E-state index contributed by atoms with van der Waals surface area (Å²) in [6.07, 6.45) is 0. The fourth-order valence-corrected chi connectivity index (χ4v) is 5.06. The summed E-state index contributed by atoms with van der Waals surface area (Å²) in [5, 5.41) is 2.81. The third kappa shape index (κ3) is 3.44. The molecule has 0 unspecified atom stereocenters. The van der Waals surface area contributed by atoms with Gasteiger partial charge >= 0.3 is 0 Å². The van der Waals surface area contributed by atoms with Gasteiger partial charge in [0.25, 0.3) is 11.5 Å². The number of anilines is 2. The van der Waals surface area contributed by atoms with Crippen LogP contribution in [0.15, 0.2) is 77.6 Å². The van der Waals surface area contributed by atoms with Crippen molar-refractivity contribution in [2.75, 3.05) is 17.8 Å². The third-order valence-electron chi connectivity index (χ3n) is 7.13. The van der Waals surface area contributed by atoms with Crippen LogP contribution in [0.5, 0.6) is 11.5 Å². The van der Waals surface area contributed by atoms with Crippen molar-refractivity contribution in [3.05, 3.63) is 94.4 Å². The third-order valence-corrected chi connectivity index (χ3v) is 7.13. The number of nitrogen functional groups attached to an aromatic ring is 1. The van der Waals surface area contributed by atoms with Crippen LogP contribution >= 0.6 is 0 Å². The highest BCUT2D eigenvalue weighted by Gasteiger charge is 2.28. The number of carbonyl (C=O) groups is 1. The Morgan fingerprint density at radius 1 is 0.925 bits per heavy atom. The van der Waals surface area contributed by atoms with Crippen molar-refractivity contribution in [2.45, 2.75) is 6.92 Å². The van der Waals surface area contributed by atoms with E-state index in [9.17, 15) is 9.59 Å². The Kier molecular flexibility index (Phi) is 5.14. The lowest BCUT2D eigenvalue weighted by atomic mass is 10.2. The van der Waals surface area contributed by atoms with E-state index in [1.54, 1.807) is 35.4 Å². The molecular formula is C29H23N7O4. The molecule has 3 N–H and O–H groups in total. The Labute approximate surface area is 227 Å². The van der Waals surface area contributed by atoms with Gasteiger partial charge in [-0.15, -0.1) is 0 Å². The molecule has 0 saturated carbocycles. The lowest BCUT2D eigenvalue weighted by molar-refractivity contribution is 0.102. The molecule has 0 saturated heterocycles. The molecule has 11 nitrogen and oxygen atoms in total. The fraction of sp³-hybridized carbons (Fsp3) is 0.103. The number of nitrogens with one attached hydrogen (secondary N) is 1. The number of amides is 1. The second-order valence-corrected chi connectivity index (χ2v) is 9.41. The first-order valence-corrected chi connectivity index (χ1v) is 12.5. The number of benzene rings is 3. The van der Waals surface area contributed by atoms with Gasteiger partial charge in [-0.25, -0.2) is 14.6 Å². The molecule has 4 heterocycles. The molecule has 0 radical (unpaired) electrons. The van der Waals surface area contributed by atoms with Crippen molar-refractivity contribution in [1.29, 1.82) is 0 Å². The topological polar surface area (TPSA) is 131 Å². The summed E-state index contributed by atoms with van der Waals surface area (Å²) in [5.41, 5.74) is 10.4. The summed E-state index contributed by atoms with van der Waals surface area (Å²) in [6, 6.07) is 21.9. The zero-order chi connectivity index (χ0) is 27.5. The average Bonchev–Trinajstić information content (AvgIpc) is 3.60. The first-order valence-electron chi connectivity index (χ1n) is 12.5. The molecule has 198 valence electrons. The molecule has 0 fully saturated rings. The quantitative estimate of drug-likeness (QED) is 0.351. The number of hydrogen-bond acceptors (Lipinski definition) is 7. The van der Waals surface area contributed by atoms with E-state index in [0.717, 1.165) is 0 Å². The van der Waals surface area contributed by atoms with Crippen LogP contribution in [0.4, 0.5) is 11.5 Å². The number of aromatic nitrogens is 5. The van der Waals surface area contributed by atoms with E-state index in [1.165, 1.54) is 4.68 Å². The second-order valence-electron chi connectivity index (χ2n) is 9.41. The minimum atomic E-state index is -0.572. The van der Waals surface area contributed by atoms with E-state index in [1.807, 2.05) is 60.7 Å². The van der Waals surface area contributed by atoms with Crippen LogP contribution in [0.2, 0.25) is 0 Å². The van der Waals surface area contributed by atoms with Crippen molar-refractivity contribution in [3.63, 3.8) is 0 Å². The highest BCUT2D eigenvalue weighted by atomic mass is 16.7. The average molecular weight is 534 g/mol. The van der Waals surface area contributed by atoms with Gasteiger partial charge in [0.1, 0.15) is 22.6 Å². The van der Waals surface area contributed by atoms with Crippen LogP contribution < -0.4 is 26.1 Å². The van der Waals surface area contributed by atoms with Crippen molar-refractivity contribution in [1.82, 2.24) is 23.9 Å². The first-order chi connectivity index (χ1) is 19.4. The molecule has 1 aliphatic heterocycles. The van der Waals surface area contributed by atoms with Crippen molar-refractivity contribution < 1.29 is 14.3 Å². The summed E-state index contributed by atoms with van der Waals surface area (Å²) in [6.45, 7) is 1.89. The standard InChI is InChI=1S/C29H23N7O4/c1-16-24(29(38)36(34(16)2)17-8-4-3-5-9-17)33-28(37)23-25-27(32-20-11-7-6-10-19(20)31-25)35(26(23)30)18-12-13-21-22(14-18)40-15-39-21/h3-14H,15,30H2,1-2H3,(H,33,37). The van der Waals surface area contributed by atoms with Gasteiger partial charge < -0.3 is 20.5 Å². The summed E-state index contributed by atoms with van der Waals surface area (Å²) in [4.78, 5) is 37.0. The van der Waals surface area contributed by atoms with Gasteiger partial charge in [0.05, 0.1) is 28.1 Å². The predicted octanol–water partition coefficient (Wildman–Crippen LogP) is 3.93. The van der Waals surface area contributed by atoms with Crippen molar-refractivity contribution in [2.24, 2.45) is 7.05 Å². The zero-order valence-corrected chi connectivity index (χ0v) is 21.6. The van der Waals surface area contributed by atoms with Gasteiger partial charge in [-0.1, -0.05) is 30.3 Å². The van der Waals surface area contributed by atoms with Crippen molar-refractivity contribution >= 4 is 39.6 Å². The summed E-state index contributed by atoms with van der Waals surface area (Å²) in [7, 11) is 1.76. The van der Waals surface area contributed by atoms with E-state index in [-0.39, 0.29) is 29.4 Å². The lowest BCUT2D eigenvalue weighted by Gasteiger charge is -2.09. The second kappa shape index (κ2) is 8.73. The molecule has 3 aromatic heterocycles. The molecule has 0 spiro atoms. The summed E-state index contributed by atoms with van der Waals surface area (Å²) < 4.78 is 15.9. The molecule has 3 aromatic carbocycles. The molecule has 1 aliphatic rings. The van der Waals surface area contributed by atoms with E-state index in [2.05, 4.69) is 5.32 Å². The number of nitrogens with zero attached hydrogens (tertiary/aromatic N) is 5. The van der Waals surface area contributed by atoms with Gasteiger partial charge in [-0.3, -0.25) is 18.8 Å². The van der Waals surface area contributed by atoms with Crippen LogP contribution in [0.25, 0.3) is 33.6 Å². The van der Waals surface area contributed by atoms with Crippen LogP contribution in [0.3, 0.4) is 0 Å². The number of rotatable bonds is 4. The molecule has 40 heavy (non-hydrogen) atoms. The van der Waals surface area contributed by atoms with Gasteiger partial charge in [-0.2, -0.15) is 0 Å². The molecule has 7 rings (SSSR count). The van der Waals surface area contributed by atoms with Crippen LogP contribution in [0, 0.1) is 6.92 Å². The Hall–Kier alpha value is -5.58. The monoisotopic (exact) mass is 533 g/mol. The summed E-state index contributed by atoms with van der Waals surface area (Å²) in [5.74, 6) is 0.721. The number of carbonyl (C=O) groups excluding carboxylic acids is 1. The maximum absolute atomic E-state index is 13.9. The molecule has 0 bridgehead atoms. The van der Waals surface area contributed by atoms with E-state index in [0.29, 0.717) is 50.8 Å². The Morgan fingerprint density at radius 3 is 2.40 bits per heavy atom. The predicted molar refractivity (Wildman–Crippen MR) is 151 cm³/mol. The van der Waals surface area contributed by atoms with Gasteiger partial charge in [0, 0.05) is 13.1 Å². The van der Waals surface area contributed by atoms with Crippen LogP contribution in [0.1, 0.15) is 16.1 Å². The number of fused-ring (bicyclic) bond motifs is 3. The molecular weight excluding hydrogens is 510 g/mol. The molecule has 6 aromatic rings. The minimum absolute atomic E-state index is 0.111. The molecule has 11 heteroatoms. The fourth-order valence-electron chi connectivity index (χ4n) is 5.06. The number of hydrogen-bond donors (Lipinski definition) is 2. The highest BCUT2D eigenvalue weighted by molar-refractivity contribution is 6.16. The maximum Gasteiger partial charge on any atom is 0.295 e. The molecule has 0 atom stereocenters. The number of para-hydroxylation sites is 3. The van der Waals surface area contributed by atoms with Crippen molar-refractivity contribution in [3.8, 4) is 22.9 Å². The summed E-state index contributed by atoms with van der Waals surface area (Å²) >= 11 is 0. The Balaban J connectivity index is 1.40. The van der Waals surface area contributed by atoms with Gasteiger partial charge in [0.15, 0.2) is 17.1 Å². The molecule has 1 amide bonds. The normalized spacial score (nSPS) is 12.3. The largest absolute Gasteiger partial charge is 0.454 e. The number of ether oxygens (including phenoxy) is 2. The minimum Gasteiger partial charge on any atom is -0.454 e.